The van der Waals surface area contributed by atoms with E-state index in [2.05, 4.69) is 19.2 Å². The molecule has 19 heavy (non-hydrogen) atoms. The van der Waals surface area contributed by atoms with Gasteiger partial charge >= 0.3 is 0 Å². The summed E-state index contributed by atoms with van der Waals surface area (Å²) in [5.74, 6) is 0. The van der Waals surface area contributed by atoms with Gasteiger partial charge in [-0.15, -0.1) is 0 Å². The molecule has 1 heterocycles. The molecule has 1 saturated heterocycles. The number of nitro benzene ring substituents is 1. The van der Waals surface area contributed by atoms with E-state index >= 15 is 0 Å². The van der Waals surface area contributed by atoms with Crippen LogP contribution in [0, 0.1) is 10.1 Å². The van der Waals surface area contributed by atoms with Gasteiger partial charge in [-0.1, -0.05) is 12.1 Å². The van der Waals surface area contributed by atoms with Gasteiger partial charge in [0.2, 0.25) is 0 Å². The predicted octanol–water partition coefficient (Wildman–Crippen LogP) is 2.64. The number of hydrogen-bond acceptors (Lipinski definition) is 4. The van der Waals surface area contributed by atoms with Crippen molar-refractivity contribution in [1.82, 2.24) is 5.32 Å². The van der Waals surface area contributed by atoms with E-state index in [1.807, 2.05) is 0 Å². The summed E-state index contributed by atoms with van der Waals surface area (Å²) in [4.78, 5) is 10.2. The monoisotopic (exact) mass is 264 g/mol. The Kier molecular flexibility index (Phi) is 4.17. The number of nitrogens with one attached hydrogen (secondary N) is 1. The Hall–Kier alpha value is -1.46. The van der Waals surface area contributed by atoms with E-state index in [1.54, 1.807) is 12.1 Å². The maximum absolute atomic E-state index is 10.5. The summed E-state index contributed by atoms with van der Waals surface area (Å²) in [7, 11) is 0. The maximum Gasteiger partial charge on any atom is 0.269 e. The summed E-state index contributed by atoms with van der Waals surface area (Å²) in [5.41, 5.74) is 1.17. The fourth-order valence-corrected chi connectivity index (χ4v) is 2.33. The van der Waals surface area contributed by atoms with Gasteiger partial charge < -0.3 is 10.1 Å². The summed E-state index contributed by atoms with van der Waals surface area (Å²) in [6.45, 7) is 5.76. The molecule has 0 bridgehead atoms. The van der Waals surface area contributed by atoms with Crippen molar-refractivity contribution in [3.05, 3.63) is 39.9 Å². The predicted molar refractivity (Wildman–Crippen MR) is 73.0 cm³/mol. The lowest BCUT2D eigenvalue weighted by atomic mass is 10.1. The second-order valence-electron chi connectivity index (χ2n) is 5.59. The van der Waals surface area contributed by atoms with Crippen LogP contribution in [-0.2, 0) is 11.3 Å². The fourth-order valence-electron chi connectivity index (χ4n) is 2.33. The van der Waals surface area contributed by atoms with Gasteiger partial charge in [0.05, 0.1) is 16.6 Å². The van der Waals surface area contributed by atoms with Gasteiger partial charge in [-0.05, 0) is 32.3 Å². The third-order valence-electron chi connectivity index (χ3n) is 3.40. The molecular weight excluding hydrogens is 244 g/mol. The summed E-state index contributed by atoms with van der Waals surface area (Å²) >= 11 is 0. The summed E-state index contributed by atoms with van der Waals surface area (Å²) in [6.07, 6.45) is 2.45. The molecule has 0 aliphatic carbocycles. The minimum atomic E-state index is -0.383. The topological polar surface area (TPSA) is 64.4 Å². The van der Waals surface area contributed by atoms with Crippen molar-refractivity contribution in [1.29, 1.82) is 0 Å². The highest BCUT2D eigenvalue weighted by atomic mass is 16.6. The molecule has 0 radical (unpaired) electrons. The van der Waals surface area contributed by atoms with Crippen molar-refractivity contribution in [2.45, 2.75) is 44.9 Å². The summed E-state index contributed by atoms with van der Waals surface area (Å²) in [6, 6.07) is 6.63. The van der Waals surface area contributed by atoms with E-state index < -0.39 is 0 Å². The molecule has 1 aliphatic heterocycles. The normalized spacial score (nSPS) is 21.5. The molecular formula is C14H20N2O3. The molecule has 1 fully saturated rings. The van der Waals surface area contributed by atoms with E-state index in [1.165, 1.54) is 12.1 Å². The van der Waals surface area contributed by atoms with Crippen molar-refractivity contribution in [3.8, 4) is 0 Å². The number of ether oxygens (including phenoxy) is 1. The first-order valence-corrected chi connectivity index (χ1v) is 6.58. The Morgan fingerprint density at radius 3 is 2.63 bits per heavy atom. The molecule has 1 atom stereocenters. The Bertz CT molecular complexity index is 443. The quantitative estimate of drug-likeness (QED) is 0.656. The minimum absolute atomic E-state index is 0.000292. The molecule has 0 saturated carbocycles. The zero-order chi connectivity index (χ0) is 13.9. The maximum atomic E-state index is 10.5. The lowest BCUT2D eigenvalue weighted by Crippen LogP contribution is -2.29. The van der Waals surface area contributed by atoms with Crippen LogP contribution < -0.4 is 5.32 Å². The molecule has 5 heteroatoms. The Morgan fingerprint density at radius 1 is 1.42 bits per heavy atom. The van der Waals surface area contributed by atoms with Crippen molar-refractivity contribution in [2.75, 3.05) is 6.54 Å². The van der Waals surface area contributed by atoms with E-state index in [-0.39, 0.29) is 22.3 Å². The molecule has 0 spiro atoms. The number of rotatable bonds is 5. The fraction of sp³-hybridized carbons (Fsp3) is 0.571. The molecule has 0 aromatic heterocycles. The molecule has 1 aliphatic rings. The molecule has 104 valence electrons. The van der Waals surface area contributed by atoms with Crippen molar-refractivity contribution < 1.29 is 9.66 Å². The molecule has 1 unspecified atom stereocenters. The summed E-state index contributed by atoms with van der Waals surface area (Å²) < 4.78 is 5.89. The second kappa shape index (κ2) is 5.67. The first kappa shape index (κ1) is 14.0. The highest BCUT2D eigenvalue weighted by Crippen LogP contribution is 2.28. The third-order valence-corrected chi connectivity index (χ3v) is 3.40. The lowest BCUT2D eigenvalue weighted by molar-refractivity contribution is -0.384. The van der Waals surface area contributed by atoms with Crippen molar-refractivity contribution in [3.63, 3.8) is 0 Å². The standard InChI is InChI=1S/C14H20N2O3/c1-14(2)8-7-13(19-14)10-15-9-11-3-5-12(6-4-11)16(17)18/h3-6,13,15H,7-10H2,1-2H3. The van der Waals surface area contributed by atoms with Gasteiger partial charge in [0, 0.05) is 25.2 Å². The second-order valence-corrected chi connectivity index (χ2v) is 5.59. The average Bonchev–Trinajstić information content (AvgIpc) is 2.69. The zero-order valence-corrected chi connectivity index (χ0v) is 11.4. The van der Waals surface area contributed by atoms with Crippen LogP contribution >= 0.6 is 0 Å². The number of benzene rings is 1. The van der Waals surface area contributed by atoms with Crippen LogP contribution in [0.4, 0.5) is 5.69 Å². The zero-order valence-electron chi connectivity index (χ0n) is 11.4. The van der Waals surface area contributed by atoms with Gasteiger partial charge in [-0.2, -0.15) is 0 Å². The van der Waals surface area contributed by atoms with E-state index in [0.29, 0.717) is 6.54 Å². The van der Waals surface area contributed by atoms with Gasteiger partial charge in [0.1, 0.15) is 0 Å². The third kappa shape index (κ3) is 4.01. The van der Waals surface area contributed by atoms with Crippen molar-refractivity contribution in [2.24, 2.45) is 0 Å². The Labute approximate surface area is 113 Å². The van der Waals surface area contributed by atoms with Crippen LogP contribution in [-0.4, -0.2) is 23.2 Å². The SMILES string of the molecule is CC1(C)CCC(CNCc2ccc([N+](=O)[O-])cc2)O1. The number of nitro groups is 1. The van der Waals surface area contributed by atoms with Crippen LogP contribution in [0.15, 0.2) is 24.3 Å². The van der Waals surface area contributed by atoms with Crippen LogP contribution in [0.25, 0.3) is 0 Å². The number of hydrogen-bond donors (Lipinski definition) is 1. The van der Waals surface area contributed by atoms with Crippen LogP contribution in [0.5, 0.6) is 0 Å². The van der Waals surface area contributed by atoms with Gasteiger partial charge in [0.15, 0.2) is 0 Å². The number of non-ortho nitro benzene ring substituents is 1. The van der Waals surface area contributed by atoms with Crippen molar-refractivity contribution >= 4 is 5.69 Å². The van der Waals surface area contributed by atoms with Crippen LogP contribution in [0.3, 0.4) is 0 Å². The van der Waals surface area contributed by atoms with E-state index in [4.69, 9.17) is 4.74 Å². The Balaban J connectivity index is 1.75. The lowest BCUT2D eigenvalue weighted by Gasteiger charge is -2.19. The van der Waals surface area contributed by atoms with Crippen LogP contribution in [0.1, 0.15) is 32.3 Å². The first-order chi connectivity index (χ1) is 8.96. The minimum Gasteiger partial charge on any atom is -0.371 e. The average molecular weight is 264 g/mol. The van der Waals surface area contributed by atoms with Gasteiger partial charge in [-0.25, -0.2) is 0 Å². The summed E-state index contributed by atoms with van der Waals surface area (Å²) in [5, 5.41) is 13.9. The smallest absolute Gasteiger partial charge is 0.269 e. The van der Waals surface area contributed by atoms with Crippen LogP contribution in [0.2, 0.25) is 0 Å². The highest BCUT2D eigenvalue weighted by molar-refractivity contribution is 5.32. The Morgan fingerprint density at radius 2 is 2.11 bits per heavy atom. The molecule has 2 rings (SSSR count). The van der Waals surface area contributed by atoms with Gasteiger partial charge in [-0.3, -0.25) is 10.1 Å². The largest absolute Gasteiger partial charge is 0.371 e. The molecule has 0 amide bonds. The molecule has 1 N–H and O–H groups in total. The van der Waals surface area contributed by atoms with E-state index in [0.717, 1.165) is 24.9 Å². The molecule has 5 nitrogen and oxygen atoms in total. The molecule has 1 aromatic carbocycles. The number of nitrogens with zero attached hydrogens (tertiary/aromatic N) is 1. The first-order valence-electron chi connectivity index (χ1n) is 6.58. The van der Waals surface area contributed by atoms with Gasteiger partial charge in [0.25, 0.3) is 5.69 Å². The van der Waals surface area contributed by atoms with E-state index in [9.17, 15) is 10.1 Å². The molecule has 1 aromatic rings. The highest BCUT2D eigenvalue weighted by Gasteiger charge is 2.30.